The standard InChI is InChI=1S/C21H22ClN3O2S/c1-25-15-3-2-4-16(25)10-14(9-15)23-20(26)17-7-13(22)8-18-19(17)24-21(27-18)12-5-6-28-11-12/h5-8,11,14-16H,2-4,9-10H2,1H3,(H,23,26). The molecule has 5 rings (SSSR count). The van der Waals surface area contributed by atoms with Crippen LogP contribution in [-0.4, -0.2) is 41.0 Å². The van der Waals surface area contributed by atoms with Crippen LogP contribution in [0.4, 0.5) is 0 Å². The average molecular weight is 416 g/mol. The summed E-state index contributed by atoms with van der Waals surface area (Å²) in [6.07, 6.45) is 5.73. The predicted octanol–water partition coefficient (Wildman–Crippen LogP) is 4.95. The van der Waals surface area contributed by atoms with Gasteiger partial charge in [0, 0.05) is 40.2 Å². The highest BCUT2D eigenvalue weighted by atomic mass is 35.5. The highest BCUT2D eigenvalue weighted by Crippen LogP contribution is 2.34. The molecule has 146 valence electrons. The Morgan fingerprint density at radius 2 is 2.11 bits per heavy atom. The van der Waals surface area contributed by atoms with Gasteiger partial charge in [-0.15, -0.1) is 0 Å². The number of nitrogens with one attached hydrogen (secondary N) is 1. The summed E-state index contributed by atoms with van der Waals surface area (Å²) in [5, 5.41) is 7.67. The fourth-order valence-corrected chi connectivity index (χ4v) is 5.51. The van der Waals surface area contributed by atoms with Crippen molar-refractivity contribution in [2.45, 2.75) is 50.2 Å². The molecule has 2 unspecified atom stereocenters. The molecule has 0 aliphatic carbocycles. The first kappa shape index (κ1) is 18.2. The van der Waals surface area contributed by atoms with Crippen molar-refractivity contribution in [3.63, 3.8) is 0 Å². The fourth-order valence-electron chi connectivity index (χ4n) is 4.68. The second kappa shape index (κ2) is 7.17. The molecular formula is C21H22ClN3O2S. The topological polar surface area (TPSA) is 58.4 Å². The van der Waals surface area contributed by atoms with Gasteiger partial charge in [-0.25, -0.2) is 4.98 Å². The number of piperidine rings is 2. The lowest BCUT2D eigenvalue weighted by atomic mass is 9.82. The van der Waals surface area contributed by atoms with E-state index in [1.165, 1.54) is 19.3 Å². The van der Waals surface area contributed by atoms with Gasteiger partial charge in [0.1, 0.15) is 5.52 Å². The summed E-state index contributed by atoms with van der Waals surface area (Å²) in [6, 6.07) is 6.68. The molecular weight excluding hydrogens is 394 g/mol. The van der Waals surface area contributed by atoms with Gasteiger partial charge in [0.2, 0.25) is 5.89 Å². The Balaban J connectivity index is 1.43. The SMILES string of the molecule is CN1C2CCCC1CC(NC(=O)c1cc(Cl)cc3oc(-c4ccsc4)nc13)C2. The summed E-state index contributed by atoms with van der Waals surface area (Å²) in [6.45, 7) is 0. The van der Waals surface area contributed by atoms with E-state index in [0.717, 1.165) is 18.4 Å². The number of carbonyl (C=O) groups is 1. The van der Waals surface area contributed by atoms with Crippen molar-refractivity contribution in [3.05, 3.63) is 39.5 Å². The number of nitrogens with zero attached hydrogens (tertiary/aromatic N) is 2. The predicted molar refractivity (Wildman–Crippen MR) is 112 cm³/mol. The fraction of sp³-hybridized carbons (Fsp3) is 0.429. The lowest BCUT2D eigenvalue weighted by Crippen LogP contribution is -2.55. The minimum atomic E-state index is -0.120. The van der Waals surface area contributed by atoms with Crippen molar-refractivity contribution in [2.24, 2.45) is 0 Å². The van der Waals surface area contributed by atoms with Crippen LogP contribution < -0.4 is 5.32 Å². The van der Waals surface area contributed by atoms with Crippen LogP contribution in [0.2, 0.25) is 5.02 Å². The molecule has 28 heavy (non-hydrogen) atoms. The maximum atomic E-state index is 13.1. The third kappa shape index (κ3) is 3.23. The Bertz CT molecular complexity index is 1000. The van der Waals surface area contributed by atoms with E-state index in [2.05, 4.69) is 22.2 Å². The van der Waals surface area contributed by atoms with Gasteiger partial charge in [0.25, 0.3) is 5.91 Å². The van der Waals surface area contributed by atoms with Crippen LogP contribution in [0.25, 0.3) is 22.6 Å². The Kier molecular flexibility index (Phi) is 4.65. The van der Waals surface area contributed by atoms with Crippen molar-refractivity contribution >= 4 is 39.9 Å². The van der Waals surface area contributed by atoms with Crippen LogP contribution in [-0.2, 0) is 0 Å². The molecule has 2 aliphatic rings. The third-order valence-corrected chi connectivity index (χ3v) is 7.05. The molecule has 3 aromatic rings. The van der Waals surface area contributed by atoms with Crippen LogP contribution in [0.5, 0.6) is 0 Å². The Morgan fingerprint density at radius 1 is 1.32 bits per heavy atom. The number of fused-ring (bicyclic) bond motifs is 3. The molecule has 2 fully saturated rings. The zero-order valence-corrected chi connectivity index (χ0v) is 17.2. The summed E-state index contributed by atoms with van der Waals surface area (Å²) >= 11 is 7.85. The molecule has 2 aromatic heterocycles. The van der Waals surface area contributed by atoms with Gasteiger partial charge in [0.15, 0.2) is 5.58 Å². The molecule has 2 bridgehead atoms. The summed E-state index contributed by atoms with van der Waals surface area (Å²) in [5.41, 5.74) is 2.50. The molecule has 0 spiro atoms. The van der Waals surface area contributed by atoms with E-state index in [4.69, 9.17) is 16.0 Å². The minimum absolute atomic E-state index is 0.120. The van der Waals surface area contributed by atoms with Gasteiger partial charge < -0.3 is 14.6 Å². The molecule has 2 aliphatic heterocycles. The van der Waals surface area contributed by atoms with E-state index in [1.54, 1.807) is 23.5 Å². The van der Waals surface area contributed by atoms with E-state index < -0.39 is 0 Å². The number of carbonyl (C=O) groups excluding carboxylic acids is 1. The van der Waals surface area contributed by atoms with Crippen molar-refractivity contribution < 1.29 is 9.21 Å². The summed E-state index contributed by atoms with van der Waals surface area (Å²) in [5.74, 6) is 0.395. The van der Waals surface area contributed by atoms with Crippen molar-refractivity contribution in [2.75, 3.05) is 7.05 Å². The molecule has 7 heteroatoms. The largest absolute Gasteiger partial charge is 0.436 e. The lowest BCUT2D eigenvalue weighted by Gasteiger charge is -2.47. The molecule has 4 heterocycles. The van der Waals surface area contributed by atoms with Crippen LogP contribution >= 0.6 is 22.9 Å². The maximum absolute atomic E-state index is 13.1. The summed E-state index contributed by atoms with van der Waals surface area (Å²) in [4.78, 5) is 20.2. The van der Waals surface area contributed by atoms with Crippen molar-refractivity contribution in [3.8, 4) is 11.5 Å². The highest BCUT2D eigenvalue weighted by molar-refractivity contribution is 7.08. The van der Waals surface area contributed by atoms with Gasteiger partial charge in [-0.3, -0.25) is 4.79 Å². The number of hydrogen-bond acceptors (Lipinski definition) is 5. The monoisotopic (exact) mass is 415 g/mol. The van der Waals surface area contributed by atoms with Gasteiger partial charge in [-0.05, 0) is 50.2 Å². The van der Waals surface area contributed by atoms with Crippen LogP contribution in [0.1, 0.15) is 42.5 Å². The van der Waals surface area contributed by atoms with Gasteiger partial charge >= 0.3 is 0 Å². The number of hydrogen-bond donors (Lipinski definition) is 1. The average Bonchev–Trinajstić information content (AvgIpc) is 3.30. The number of oxazole rings is 1. The number of amides is 1. The van der Waals surface area contributed by atoms with E-state index in [0.29, 0.717) is 39.7 Å². The van der Waals surface area contributed by atoms with Crippen molar-refractivity contribution in [1.82, 2.24) is 15.2 Å². The number of halogens is 1. The first-order chi connectivity index (χ1) is 13.6. The number of benzene rings is 1. The quantitative estimate of drug-likeness (QED) is 0.657. The lowest BCUT2D eigenvalue weighted by molar-refractivity contribution is 0.0463. The third-order valence-electron chi connectivity index (χ3n) is 6.15. The molecule has 2 saturated heterocycles. The van der Waals surface area contributed by atoms with Crippen LogP contribution in [0, 0.1) is 0 Å². The first-order valence-electron chi connectivity index (χ1n) is 9.74. The number of aromatic nitrogens is 1. The van der Waals surface area contributed by atoms with Crippen LogP contribution in [0.3, 0.4) is 0 Å². The number of thiophene rings is 1. The second-order valence-corrected chi connectivity index (χ2v) is 9.09. The Morgan fingerprint density at radius 3 is 2.82 bits per heavy atom. The first-order valence-corrected chi connectivity index (χ1v) is 11.1. The Labute approximate surface area is 172 Å². The molecule has 5 nitrogen and oxygen atoms in total. The highest BCUT2D eigenvalue weighted by Gasteiger charge is 2.36. The van der Waals surface area contributed by atoms with E-state index in [-0.39, 0.29) is 11.9 Å². The maximum Gasteiger partial charge on any atom is 0.253 e. The summed E-state index contributed by atoms with van der Waals surface area (Å²) in [7, 11) is 2.22. The molecule has 0 saturated carbocycles. The van der Waals surface area contributed by atoms with Gasteiger partial charge in [-0.2, -0.15) is 11.3 Å². The second-order valence-electron chi connectivity index (χ2n) is 7.88. The minimum Gasteiger partial charge on any atom is -0.436 e. The molecule has 0 radical (unpaired) electrons. The smallest absolute Gasteiger partial charge is 0.253 e. The molecule has 1 aromatic carbocycles. The van der Waals surface area contributed by atoms with E-state index in [9.17, 15) is 4.79 Å². The number of rotatable bonds is 3. The molecule has 2 atom stereocenters. The molecule has 1 N–H and O–H groups in total. The zero-order chi connectivity index (χ0) is 19.3. The Hall–Kier alpha value is -1.89. The van der Waals surface area contributed by atoms with Gasteiger partial charge in [0.05, 0.1) is 5.56 Å². The van der Waals surface area contributed by atoms with E-state index in [1.807, 2.05) is 16.8 Å². The zero-order valence-electron chi connectivity index (χ0n) is 15.7. The van der Waals surface area contributed by atoms with Crippen LogP contribution in [0.15, 0.2) is 33.4 Å². The molecule has 1 amide bonds. The normalized spacial score (nSPS) is 25.1. The summed E-state index contributed by atoms with van der Waals surface area (Å²) < 4.78 is 5.87. The van der Waals surface area contributed by atoms with E-state index >= 15 is 0 Å². The van der Waals surface area contributed by atoms with Gasteiger partial charge in [-0.1, -0.05) is 18.0 Å². The van der Waals surface area contributed by atoms with Crippen molar-refractivity contribution in [1.29, 1.82) is 0 Å².